The zero-order chi connectivity index (χ0) is 14.2. The molecule has 102 valence electrons. The van der Waals surface area contributed by atoms with Crippen LogP contribution in [0, 0.1) is 6.92 Å². The van der Waals surface area contributed by atoms with E-state index in [1.54, 1.807) is 26.1 Å². The Morgan fingerprint density at radius 3 is 2.37 bits per heavy atom. The van der Waals surface area contributed by atoms with Crippen LogP contribution in [0.5, 0.6) is 0 Å². The molecule has 2 rings (SSSR count). The number of hydrogen-bond donors (Lipinski definition) is 1. The van der Waals surface area contributed by atoms with Crippen LogP contribution in [0.15, 0.2) is 29.4 Å². The number of nitrogens with zero attached hydrogens (tertiary/aromatic N) is 4. The summed E-state index contributed by atoms with van der Waals surface area (Å²) in [7, 11) is -0.617. The fourth-order valence-electron chi connectivity index (χ4n) is 1.76. The van der Waals surface area contributed by atoms with Crippen molar-refractivity contribution in [2.45, 2.75) is 11.8 Å². The summed E-state index contributed by atoms with van der Waals surface area (Å²) < 4.78 is 27.7. The molecule has 2 N–H and O–H groups in total. The number of pyridine rings is 1. The van der Waals surface area contributed by atoms with Gasteiger partial charge in [-0.05, 0) is 19.1 Å². The van der Waals surface area contributed by atoms with E-state index in [4.69, 9.17) is 5.73 Å². The van der Waals surface area contributed by atoms with Crippen molar-refractivity contribution >= 4 is 21.5 Å². The van der Waals surface area contributed by atoms with E-state index in [0.29, 0.717) is 11.4 Å². The van der Waals surface area contributed by atoms with Crippen LogP contribution < -0.4 is 10.0 Å². The average molecular weight is 281 g/mol. The van der Waals surface area contributed by atoms with Gasteiger partial charge in [0.2, 0.25) is 0 Å². The number of anilines is 2. The molecule has 0 unspecified atom stereocenters. The van der Waals surface area contributed by atoms with E-state index in [0.717, 1.165) is 4.31 Å². The van der Waals surface area contributed by atoms with Gasteiger partial charge >= 0.3 is 0 Å². The van der Waals surface area contributed by atoms with Crippen LogP contribution in [0.4, 0.5) is 11.5 Å². The number of sulfonamides is 1. The number of aromatic nitrogens is 3. The Kier molecular flexibility index (Phi) is 3.19. The van der Waals surface area contributed by atoms with Gasteiger partial charge in [0, 0.05) is 26.5 Å². The summed E-state index contributed by atoms with van der Waals surface area (Å²) in [6.45, 7) is 1.66. The first-order valence-corrected chi connectivity index (χ1v) is 6.97. The lowest BCUT2D eigenvalue weighted by molar-refractivity contribution is 0.593. The first kappa shape index (κ1) is 13.3. The molecule has 0 aliphatic heterocycles. The van der Waals surface area contributed by atoms with Crippen molar-refractivity contribution in [1.29, 1.82) is 0 Å². The Labute approximate surface area is 111 Å². The third-order valence-corrected chi connectivity index (χ3v) is 4.90. The molecule has 2 aromatic rings. The van der Waals surface area contributed by atoms with Crippen LogP contribution in [0.2, 0.25) is 0 Å². The zero-order valence-corrected chi connectivity index (χ0v) is 11.7. The largest absolute Gasteiger partial charge is 0.381 e. The lowest BCUT2D eigenvalue weighted by Gasteiger charge is -2.19. The quantitative estimate of drug-likeness (QED) is 0.885. The van der Waals surface area contributed by atoms with Crippen molar-refractivity contribution in [2.75, 3.05) is 17.1 Å². The van der Waals surface area contributed by atoms with E-state index in [1.807, 2.05) is 0 Å². The SMILES string of the molecule is Cc1c(S(=O)(=O)N(C)c2ccncc2)c(N)nn1C. The second-order valence-corrected chi connectivity index (χ2v) is 6.01. The topological polar surface area (TPSA) is 94.1 Å². The minimum Gasteiger partial charge on any atom is -0.381 e. The van der Waals surface area contributed by atoms with Gasteiger partial charge < -0.3 is 5.73 Å². The molecule has 0 aliphatic rings. The second-order valence-electron chi connectivity index (χ2n) is 4.10. The average Bonchev–Trinajstić information content (AvgIpc) is 2.63. The van der Waals surface area contributed by atoms with Crippen molar-refractivity contribution in [3.8, 4) is 0 Å². The van der Waals surface area contributed by atoms with Crippen LogP contribution in [-0.2, 0) is 17.1 Å². The van der Waals surface area contributed by atoms with E-state index in [9.17, 15) is 8.42 Å². The Balaban J connectivity index is 2.55. The molecule has 0 saturated carbocycles. The summed E-state index contributed by atoms with van der Waals surface area (Å²) in [6.07, 6.45) is 3.06. The highest BCUT2D eigenvalue weighted by Crippen LogP contribution is 2.27. The van der Waals surface area contributed by atoms with Gasteiger partial charge in [-0.25, -0.2) is 8.42 Å². The molecule has 7 nitrogen and oxygen atoms in total. The van der Waals surface area contributed by atoms with E-state index in [1.165, 1.54) is 24.1 Å². The van der Waals surface area contributed by atoms with E-state index in [2.05, 4.69) is 10.1 Å². The van der Waals surface area contributed by atoms with Crippen LogP contribution >= 0.6 is 0 Å². The standard InChI is InChI=1S/C11H15N5O2S/c1-8-10(11(12)14-15(8)2)19(17,18)16(3)9-4-6-13-7-5-9/h4-7H,1-3H3,(H2,12,14). The van der Waals surface area contributed by atoms with Crippen LogP contribution in [0.1, 0.15) is 5.69 Å². The molecule has 8 heteroatoms. The maximum absolute atomic E-state index is 12.6. The maximum atomic E-state index is 12.6. The van der Waals surface area contributed by atoms with Gasteiger partial charge in [0.05, 0.1) is 11.4 Å². The fourth-order valence-corrected chi connectivity index (χ4v) is 3.25. The third kappa shape index (κ3) is 2.14. The Bertz CT molecular complexity index is 693. The van der Waals surface area contributed by atoms with Crippen molar-refractivity contribution in [3.05, 3.63) is 30.2 Å². The first-order chi connectivity index (χ1) is 8.85. The summed E-state index contributed by atoms with van der Waals surface area (Å²) >= 11 is 0. The Hall–Kier alpha value is -2.09. The predicted molar refractivity (Wildman–Crippen MR) is 72.2 cm³/mol. The number of hydrogen-bond acceptors (Lipinski definition) is 5. The van der Waals surface area contributed by atoms with Crippen LogP contribution in [0.3, 0.4) is 0 Å². The van der Waals surface area contributed by atoms with E-state index in [-0.39, 0.29) is 10.7 Å². The highest BCUT2D eigenvalue weighted by Gasteiger charge is 2.29. The van der Waals surface area contributed by atoms with E-state index >= 15 is 0 Å². The third-order valence-electron chi connectivity index (χ3n) is 2.95. The lowest BCUT2D eigenvalue weighted by atomic mass is 10.4. The monoisotopic (exact) mass is 281 g/mol. The lowest BCUT2D eigenvalue weighted by Crippen LogP contribution is -2.27. The summed E-state index contributed by atoms with van der Waals surface area (Å²) in [5.74, 6) is 0.000839. The summed E-state index contributed by atoms with van der Waals surface area (Å²) in [6, 6.07) is 3.22. The minimum absolute atomic E-state index is 0.000839. The summed E-state index contributed by atoms with van der Waals surface area (Å²) in [4.78, 5) is 3.90. The van der Waals surface area contributed by atoms with Gasteiger partial charge in [0.25, 0.3) is 10.0 Å². The van der Waals surface area contributed by atoms with Gasteiger partial charge in [0.15, 0.2) is 10.7 Å². The molecule has 2 heterocycles. The molecule has 19 heavy (non-hydrogen) atoms. The molecule has 0 aromatic carbocycles. The fraction of sp³-hybridized carbons (Fsp3) is 0.273. The molecule has 2 aromatic heterocycles. The summed E-state index contributed by atoms with van der Waals surface area (Å²) in [5.41, 5.74) is 6.70. The van der Waals surface area contributed by atoms with Gasteiger partial charge in [0.1, 0.15) is 0 Å². The molecular formula is C11H15N5O2S. The molecule has 0 spiro atoms. The Morgan fingerprint density at radius 2 is 1.89 bits per heavy atom. The van der Waals surface area contributed by atoms with Gasteiger partial charge in [-0.15, -0.1) is 0 Å². The normalized spacial score (nSPS) is 11.5. The van der Waals surface area contributed by atoms with Crippen molar-refractivity contribution in [3.63, 3.8) is 0 Å². The Morgan fingerprint density at radius 1 is 1.32 bits per heavy atom. The number of nitrogen functional groups attached to an aromatic ring is 1. The maximum Gasteiger partial charge on any atom is 0.269 e. The van der Waals surface area contributed by atoms with Crippen LogP contribution in [0.25, 0.3) is 0 Å². The molecule has 0 atom stereocenters. The van der Waals surface area contributed by atoms with E-state index < -0.39 is 10.0 Å². The van der Waals surface area contributed by atoms with Crippen LogP contribution in [-0.4, -0.2) is 30.2 Å². The smallest absolute Gasteiger partial charge is 0.269 e. The predicted octanol–water partition coefficient (Wildman–Crippen LogP) is 0.531. The molecule has 0 amide bonds. The molecule has 0 fully saturated rings. The molecule has 0 aliphatic carbocycles. The summed E-state index contributed by atoms with van der Waals surface area (Å²) in [5, 5.41) is 3.93. The number of rotatable bonds is 3. The minimum atomic E-state index is -3.74. The van der Waals surface area contributed by atoms with Crippen molar-refractivity contribution in [2.24, 2.45) is 7.05 Å². The number of aryl methyl sites for hydroxylation is 1. The highest BCUT2D eigenvalue weighted by atomic mass is 32.2. The van der Waals surface area contributed by atoms with Crippen molar-refractivity contribution < 1.29 is 8.42 Å². The zero-order valence-electron chi connectivity index (χ0n) is 10.9. The molecule has 0 bridgehead atoms. The molecular weight excluding hydrogens is 266 g/mol. The van der Waals surface area contributed by atoms with Gasteiger partial charge in [-0.2, -0.15) is 5.10 Å². The first-order valence-electron chi connectivity index (χ1n) is 5.53. The molecule has 0 radical (unpaired) electrons. The van der Waals surface area contributed by atoms with Crippen molar-refractivity contribution in [1.82, 2.24) is 14.8 Å². The number of nitrogens with two attached hydrogens (primary N) is 1. The molecule has 0 saturated heterocycles. The highest BCUT2D eigenvalue weighted by molar-refractivity contribution is 7.93. The van der Waals surface area contributed by atoms with Gasteiger partial charge in [-0.1, -0.05) is 0 Å². The second kappa shape index (κ2) is 4.54. The van der Waals surface area contributed by atoms with Gasteiger partial charge in [-0.3, -0.25) is 14.0 Å².